The van der Waals surface area contributed by atoms with Crippen LogP contribution in [0.2, 0.25) is 0 Å². The summed E-state index contributed by atoms with van der Waals surface area (Å²) in [4.78, 5) is 11.2. The van der Waals surface area contributed by atoms with Crippen LogP contribution in [0.1, 0.15) is 45.4 Å². The number of carbonyl (C=O) groups is 1. The first-order valence-electron chi connectivity index (χ1n) is 6.92. The number of hydrogen-bond donors (Lipinski definition) is 2. The van der Waals surface area contributed by atoms with E-state index < -0.39 is 22.2 Å². The highest BCUT2D eigenvalue weighted by Gasteiger charge is 2.37. The molecule has 1 aliphatic carbocycles. The second kappa shape index (κ2) is 5.76. The van der Waals surface area contributed by atoms with Crippen molar-refractivity contribution >= 4 is 16.2 Å². The van der Waals surface area contributed by atoms with Gasteiger partial charge in [-0.3, -0.25) is 4.79 Å². The molecule has 7 heteroatoms. The van der Waals surface area contributed by atoms with E-state index in [1.165, 1.54) is 12.8 Å². The highest BCUT2D eigenvalue weighted by molar-refractivity contribution is 7.87. The van der Waals surface area contributed by atoms with Gasteiger partial charge in [-0.05, 0) is 38.5 Å². The second-order valence-corrected chi connectivity index (χ2v) is 7.32. The van der Waals surface area contributed by atoms with Gasteiger partial charge in [0.05, 0.1) is 0 Å². The Labute approximate surface area is 114 Å². The minimum atomic E-state index is -3.69. The van der Waals surface area contributed by atoms with Crippen molar-refractivity contribution in [3.8, 4) is 0 Å². The van der Waals surface area contributed by atoms with Crippen LogP contribution in [0.3, 0.4) is 0 Å². The molecule has 2 aliphatic rings. The Balaban J connectivity index is 2.01. The summed E-state index contributed by atoms with van der Waals surface area (Å²) in [6.07, 6.45) is 5.07. The van der Waals surface area contributed by atoms with Crippen molar-refractivity contribution in [2.24, 2.45) is 5.92 Å². The summed E-state index contributed by atoms with van der Waals surface area (Å²) in [7, 11) is -3.69. The smallest absolute Gasteiger partial charge is 0.322 e. The van der Waals surface area contributed by atoms with Gasteiger partial charge in [0.1, 0.15) is 6.04 Å². The lowest BCUT2D eigenvalue weighted by Crippen LogP contribution is -2.53. The third-order valence-electron chi connectivity index (χ3n) is 3.78. The molecule has 19 heavy (non-hydrogen) atoms. The van der Waals surface area contributed by atoms with E-state index >= 15 is 0 Å². The molecule has 1 saturated heterocycles. The van der Waals surface area contributed by atoms with Gasteiger partial charge in [-0.2, -0.15) is 17.4 Å². The molecule has 2 N–H and O–H groups in total. The van der Waals surface area contributed by atoms with Gasteiger partial charge in [-0.25, -0.2) is 0 Å². The van der Waals surface area contributed by atoms with Gasteiger partial charge in [0.15, 0.2) is 0 Å². The van der Waals surface area contributed by atoms with Gasteiger partial charge in [0, 0.05) is 12.6 Å². The van der Waals surface area contributed by atoms with Gasteiger partial charge in [0.25, 0.3) is 10.2 Å². The zero-order valence-electron chi connectivity index (χ0n) is 11.2. The van der Waals surface area contributed by atoms with Crippen LogP contribution in [-0.4, -0.2) is 42.4 Å². The van der Waals surface area contributed by atoms with Crippen LogP contribution < -0.4 is 4.72 Å². The van der Waals surface area contributed by atoms with Crippen LogP contribution >= 0.6 is 0 Å². The van der Waals surface area contributed by atoms with E-state index in [9.17, 15) is 13.2 Å². The summed E-state index contributed by atoms with van der Waals surface area (Å²) >= 11 is 0. The number of nitrogens with zero attached hydrogens (tertiary/aromatic N) is 1. The fraction of sp³-hybridized carbons (Fsp3) is 0.917. The maximum absolute atomic E-state index is 12.3. The Kier molecular flexibility index (Phi) is 4.47. The number of aliphatic carboxylic acids is 1. The number of hydrogen-bond acceptors (Lipinski definition) is 3. The van der Waals surface area contributed by atoms with E-state index in [1.54, 1.807) is 0 Å². The lowest BCUT2D eigenvalue weighted by atomic mass is 10.1. The van der Waals surface area contributed by atoms with Crippen LogP contribution in [0, 0.1) is 5.92 Å². The summed E-state index contributed by atoms with van der Waals surface area (Å²) in [5.74, 6) is -0.422. The van der Waals surface area contributed by atoms with Gasteiger partial charge in [-0.15, -0.1) is 0 Å². The van der Waals surface area contributed by atoms with Crippen molar-refractivity contribution in [3.63, 3.8) is 0 Å². The molecule has 0 amide bonds. The fourth-order valence-electron chi connectivity index (χ4n) is 2.66. The Morgan fingerprint density at radius 3 is 2.63 bits per heavy atom. The zero-order valence-corrected chi connectivity index (χ0v) is 12.0. The van der Waals surface area contributed by atoms with E-state index in [4.69, 9.17) is 5.11 Å². The van der Waals surface area contributed by atoms with Crippen molar-refractivity contribution in [3.05, 3.63) is 0 Å². The molecule has 1 saturated carbocycles. The number of piperidine rings is 1. The van der Waals surface area contributed by atoms with Crippen LogP contribution in [0.15, 0.2) is 0 Å². The van der Waals surface area contributed by atoms with Gasteiger partial charge in [-0.1, -0.05) is 12.8 Å². The predicted octanol–water partition coefficient (Wildman–Crippen LogP) is 0.948. The highest BCUT2D eigenvalue weighted by atomic mass is 32.2. The van der Waals surface area contributed by atoms with E-state index in [0.29, 0.717) is 18.9 Å². The molecule has 0 aromatic carbocycles. The first kappa shape index (κ1) is 14.7. The highest BCUT2D eigenvalue weighted by Crippen LogP contribution is 2.33. The van der Waals surface area contributed by atoms with E-state index in [0.717, 1.165) is 23.6 Å². The van der Waals surface area contributed by atoms with Crippen LogP contribution in [0.4, 0.5) is 0 Å². The molecule has 0 bridgehead atoms. The SMILES string of the molecule is CC(CC1CC1)NS(=O)(=O)N1CCCCC1C(=O)O. The Morgan fingerprint density at radius 2 is 2.05 bits per heavy atom. The van der Waals surface area contributed by atoms with E-state index in [-0.39, 0.29) is 6.04 Å². The molecular formula is C12H22N2O4S. The first-order valence-corrected chi connectivity index (χ1v) is 8.36. The predicted molar refractivity (Wildman–Crippen MR) is 70.8 cm³/mol. The quantitative estimate of drug-likeness (QED) is 0.762. The molecule has 2 fully saturated rings. The minimum absolute atomic E-state index is 0.131. The summed E-state index contributed by atoms with van der Waals surface area (Å²) in [5.41, 5.74) is 0. The second-order valence-electron chi connectivity index (χ2n) is 5.66. The summed E-state index contributed by atoms with van der Waals surface area (Å²) in [5, 5.41) is 9.13. The van der Waals surface area contributed by atoms with Gasteiger partial charge >= 0.3 is 5.97 Å². The van der Waals surface area contributed by atoms with Crippen LogP contribution in [-0.2, 0) is 15.0 Å². The van der Waals surface area contributed by atoms with E-state index in [1.807, 2.05) is 6.92 Å². The Bertz CT molecular complexity index is 433. The molecule has 1 heterocycles. The molecule has 0 aromatic heterocycles. The molecular weight excluding hydrogens is 268 g/mol. The molecule has 6 nitrogen and oxygen atoms in total. The average molecular weight is 290 g/mol. The molecule has 0 spiro atoms. The van der Waals surface area contributed by atoms with Crippen molar-refractivity contribution in [1.29, 1.82) is 0 Å². The maximum atomic E-state index is 12.3. The number of nitrogens with one attached hydrogen (secondary N) is 1. The fourth-order valence-corrected chi connectivity index (χ4v) is 4.30. The normalized spacial score (nSPS) is 27.1. The van der Waals surface area contributed by atoms with Gasteiger partial charge in [0.2, 0.25) is 0 Å². The summed E-state index contributed by atoms with van der Waals surface area (Å²) in [6, 6.07) is -1.05. The lowest BCUT2D eigenvalue weighted by molar-refractivity contribution is -0.142. The molecule has 110 valence electrons. The van der Waals surface area contributed by atoms with Crippen molar-refractivity contribution < 1.29 is 18.3 Å². The average Bonchev–Trinajstić information content (AvgIpc) is 3.12. The van der Waals surface area contributed by atoms with Crippen molar-refractivity contribution in [1.82, 2.24) is 9.03 Å². The number of carboxylic acid groups (broad SMARTS) is 1. The topological polar surface area (TPSA) is 86.7 Å². The van der Waals surface area contributed by atoms with Crippen LogP contribution in [0.25, 0.3) is 0 Å². The minimum Gasteiger partial charge on any atom is -0.480 e. The molecule has 2 rings (SSSR count). The summed E-state index contributed by atoms with van der Waals surface area (Å²) in [6.45, 7) is 2.14. The Morgan fingerprint density at radius 1 is 1.37 bits per heavy atom. The molecule has 0 aromatic rings. The van der Waals surface area contributed by atoms with Crippen molar-refractivity contribution in [2.45, 2.75) is 57.5 Å². The third kappa shape index (κ3) is 3.90. The van der Waals surface area contributed by atoms with Crippen molar-refractivity contribution in [2.75, 3.05) is 6.54 Å². The third-order valence-corrected chi connectivity index (χ3v) is 5.54. The molecule has 0 radical (unpaired) electrons. The van der Waals surface area contributed by atoms with Gasteiger partial charge < -0.3 is 5.11 Å². The monoisotopic (exact) mass is 290 g/mol. The number of carboxylic acids is 1. The molecule has 2 unspecified atom stereocenters. The molecule has 2 atom stereocenters. The summed E-state index contributed by atoms with van der Waals surface area (Å²) < 4.78 is 28.3. The Hall–Kier alpha value is -0.660. The standard InChI is InChI=1S/C12H22N2O4S/c1-9(8-10-5-6-10)13-19(17,18)14-7-3-2-4-11(14)12(15)16/h9-11,13H,2-8H2,1H3,(H,15,16). The molecule has 1 aliphatic heterocycles. The lowest BCUT2D eigenvalue weighted by Gasteiger charge is -2.32. The largest absolute Gasteiger partial charge is 0.480 e. The first-order chi connectivity index (χ1) is 8.90. The number of rotatable bonds is 6. The van der Waals surface area contributed by atoms with E-state index in [2.05, 4.69) is 4.72 Å². The zero-order chi connectivity index (χ0) is 14.0. The van der Waals surface area contributed by atoms with Crippen LogP contribution in [0.5, 0.6) is 0 Å². The maximum Gasteiger partial charge on any atom is 0.322 e.